The third kappa shape index (κ3) is 2.25. The highest BCUT2D eigenvalue weighted by molar-refractivity contribution is 4.73. The number of nitrogens with one attached hydrogen (secondary N) is 1. The molecule has 1 rings (SSSR count). The van der Waals surface area contributed by atoms with E-state index in [1.54, 1.807) is 7.05 Å². The topological polar surface area (TPSA) is 12.0 Å². The first-order valence-corrected chi connectivity index (χ1v) is 4.11. The van der Waals surface area contributed by atoms with Crippen molar-refractivity contribution in [2.24, 2.45) is 5.92 Å². The van der Waals surface area contributed by atoms with Crippen molar-refractivity contribution in [2.75, 3.05) is 13.6 Å². The Labute approximate surface area is 62.0 Å². The van der Waals surface area contributed by atoms with Crippen LogP contribution in [0.25, 0.3) is 0 Å². The van der Waals surface area contributed by atoms with Gasteiger partial charge >= 0.3 is 0 Å². The molecule has 1 saturated carbocycles. The third-order valence-electron chi connectivity index (χ3n) is 2.24. The van der Waals surface area contributed by atoms with Gasteiger partial charge in [-0.1, -0.05) is 19.3 Å². The van der Waals surface area contributed by atoms with Gasteiger partial charge in [-0.3, -0.25) is 0 Å². The second-order valence-electron chi connectivity index (χ2n) is 3.19. The molecule has 10 heavy (non-hydrogen) atoms. The summed E-state index contributed by atoms with van der Waals surface area (Å²) in [7, 11) is 1.80. The van der Waals surface area contributed by atoms with Gasteiger partial charge in [-0.15, -0.1) is 0 Å². The predicted octanol–water partition coefficient (Wildman–Crippen LogP) is 1.73. The van der Waals surface area contributed by atoms with E-state index in [9.17, 15) is 4.39 Å². The van der Waals surface area contributed by atoms with Gasteiger partial charge in [0.25, 0.3) is 0 Å². The van der Waals surface area contributed by atoms with E-state index in [-0.39, 0.29) is 0 Å². The summed E-state index contributed by atoms with van der Waals surface area (Å²) in [5.41, 5.74) is 0. The molecule has 0 aliphatic heterocycles. The smallest absolute Gasteiger partial charge is 0.113 e. The summed E-state index contributed by atoms with van der Waals surface area (Å²) in [6.07, 6.45) is 3.99. The molecule has 2 heteroatoms. The Morgan fingerprint density at radius 1 is 1.60 bits per heavy atom. The van der Waals surface area contributed by atoms with Gasteiger partial charge in [-0.2, -0.15) is 0 Å². The van der Waals surface area contributed by atoms with Gasteiger partial charge in [-0.25, -0.2) is 4.39 Å². The first-order chi connectivity index (χ1) is 4.83. The first kappa shape index (κ1) is 7.99. The number of hydrogen-bond acceptors (Lipinski definition) is 1. The molecule has 0 aromatic rings. The van der Waals surface area contributed by atoms with E-state index in [2.05, 4.69) is 5.32 Å². The normalized spacial score (nSPS) is 22.2. The summed E-state index contributed by atoms with van der Waals surface area (Å²) in [6.45, 7) is 0.524. The molecule has 0 radical (unpaired) electrons. The lowest BCUT2D eigenvalue weighted by Crippen LogP contribution is -2.24. The fourth-order valence-electron chi connectivity index (χ4n) is 1.40. The molecule has 0 amide bonds. The fourth-order valence-corrected chi connectivity index (χ4v) is 1.40. The average Bonchev–Trinajstić information content (AvgIpc) is 1.80. The van der Waals surface area contributed by atoms with Gasteiger partial charge in [-0.05, 0) is 19.4 Å². The van der Waals surface area contributed by atoms with Gasteiger partial charge in [0.05, 0.1) is 0 Å². The Balaban J connectivity index is 1.99. The lowest BCUT2D eigenvalue weighted by atomic mass is 9.82. The summed E-state index contributed by atoms with van der Waals surface area (Å²) in [6, 6.07) is 0. The van der Waals surface area contributed by atoms with Gasteiger partial charge in [0, 0.05) is 6.54 Å². The Kier molecular flexibility index (Phi) is 3.13. The van der Waals surface area contributed by atoms with Crippen LogP contribution in [0.4, 0.5) is 4.39 Å². The molecule has 60 valence electrons. The average molecular weight is 145 g/mol. The van der Waals surface area contributed by atoms with Crippen molar-refractivity contribution in [1.29, 1.82) is 0 Å². The maximum atomic E-state index is 12.8. The maximum absolute atomic E-state index is 12.8. The molecule has 1 aliphatic rings. The summed E-state index contributed by atoms with van der Waals surface area (Å²) in [4.78, 5) is 0. The predicted molar refractivity (Wildman–Crippen MR) is 40.8 cm³/mol. The quantitative estimate of drug-likeness (QED) is 0.635. The number of alkyl halides is 1. The Hall–Kier alpha value is -0.110. The third-order valence-corrected chi connectivity index (χ3v) is 2.24. The zero-order valence-corrected chi connectivity index (χ0v) is 6.57. The molecule has 1 nitrogen and oxygen atoms in total. The zero-order valence-electron chi connectivity index (χ0n) is 6.57. The summed E-state index contributed by atoms with van der Waals surface area (Å²) < 4.78 is 12.8. The van der Waals surface area contributed by atoms with Crippen molar-refractivity contribution < 1.29 is 4.39 Å². The fraction of sp³-hybridized carbons (Fsp3) is 1.00. The van der Waals surface area contributed by atoms with Gasteiger partial charge in [0.1, 0.15) is 6.17 Å². The van der Waals surface area contributed by atoms with E-state index in [0.717, 1.165) is 6.42 Å². The van der Waals surface area contributed by atoms with Crippen molar-refractivity contribution in [2.45, 2.75) is 31.9 Å². The molecule has 1 fully saturated rings. The molecule has 1 N–H and O–H groups in total. The van der Waals surface area contributed by atoms with E-state index in [4.69, 9.17) is 0 Å². The van der Waals surface area contributed by atoms with Crippen LogP contribution in [0.5, 0.6) is 0 Å². The summed E-state index contributed by atoms with van der Waals surface area (Å²) in [5, 5.41) is 2.85. The molecule has 0 spiro atoms. The molecule has 0 saturated heterocycles. The number of hydrogen-bond donors (Lipinski definition) is 1. The minimum Gasteiger partial charge on any atom is -0.317 e. The van der Waals surface area contributed by atoms with Crippen LogP contribution in [-0.4, -0.2) is 19.8 Å². The van der Waals surface area contributed by atoms with Crippen LogP contribution in [0.15, 0.2) is 0 Å². The van der Waals surface area contributed by atoms with E-state index in [1.165, 1.54) is 19.3 Å². The molecule has 0 unspecified atom stereocenters. The van der Waals surface area contributed by atoms with Crippen LogP contribution < -0.4 is 5.32 Å². The lowest BCUT2D eigenvalue weighted by molar-refractivity contribution is 0.203. The molecular weight excluding hydrogens is 129 g/mol. The van der Waals surface area contributed by atoms with Crippen molar-refractivity contribution in [3.8, 4) is 0 Å². The highest BCUT2D eigenvalue weighted by Crippen LogP contribution is 2.30. The minimum absolute atomic E-state index is 0.524. The zero-order chi connectivity index (χ0) is 7.40. The van der Waals surface area contributed by atoms with E-state index < -0.39 is 6.17 Å². The van der Waals surface area contributed by atoms with Crippen LogP contribution >= 0.6 is 0 Å². The van der Waals surface area contributed by atoms with Crippen molar-refractivity contribution in [3.63, 3.8) is 0 Å². The van der Waals surface area contributed by atoms with E-state index >= 15 is 0 Å². The minimum atomic E-state index is -0.615. The largest absolute Gasteiger partial charge is 0.317 e. The molecule has 0 heterocycles. The summed E-state index contributed by atoms with van der Waals surface area (Å²) in [5.74, 6) is 0.698. The lowest BCUT2D eigenvalue weighted by Gasteiger charge is -2.26. The van der Waals surface area contributed by atoms with Crippen molar-refractivity contribution >= 4 is 0 Å². The molecular formula is C8H16FN. The van der Waals surface area contributed by atoms with Crippen LogP contribution in [0.3, 0.4) is 0 Å². The van der Waals surface area contributed by atoms with Crippen molar-refractivity contribution in [3.05, 3.63) is 0 Å². The highest BCUT2D eigenvalue weighted by Gasteiger charge is 2.20. The maximum Gasteiger partial charge on any atom is 0.113 e. The van der Waals surface area contributed by atoms with Crippen molar-refractivity contribution in [1.82, 2.24) is 5.32 Å². The van der Waals surface area contributed by atoms with Crippen LogP contribution in [0, 0.1) is 5.92 Å². The Bertz CT molecular complexity index is 91.3. The second-order valence-corrected chi connectivity index (χ2v) is 3.19. The van der Waals surface area contributed by atoms with Gasteiger partial charge in [0.2, 0.25) is 0 Å². The van der Waals surface area contributed by atoms with E-state index in [1.807, 2.05) is 0 Å². The van der Waals surface area contributed by atoms with Crippen LogP contribution in [0.2, 0.25) is 0 Å². The standard InChI is InChI=1S/C8H16FN/c1-10-6-8(9)5-7-3-2-4-7/h7-8,10H,2-6H2,1H3/t8-/m0/s1. The van der Waals surface area contributed by atoms with E-state index in [0.29, 0.717) is 12.5 Å². The van der Waals surface area contributed by atoms with Gasteiger partial charge < -0.3 is 5.32 Å². The second kappa shape index (κ2) is 3.91. The molecule has 1 aliphatic carbocycles. The summed E-state index contributed by atoms with van der Waals surface area (Å²) >= 11 is 0. The Morgan fingerprint density at radius 2 is 2.30 bits per heavy atom. The van der Waals surface area contributed by atoms with Crippen LogP contribution in [-0.2, 0) is 0 Å². The molecule has 0 aromatic heterocycles. The number of halogens is 1. The molecule has 0 aromatic carbocycles. The molecule has 1 atom stereocenters. The monoisotopic (exact) mass is 145 g/mol. The van der Waals surface area contributed by atoms with Gasteiger partial charge in [0.15, 0.2) is 0 Å². The SMILES string of the molecule is CNC[C@@H](F)CC1CCC1. The highest BCUT2D eigenvalue weighted by atomic mass is 19.1. The molecule has 0 bridgehead atoms. The Morgan fingerprint density at radius 3 is 2.70 bits per heavy atom. The number of rotatable bonds is 4. The first-order valence-electron chi connectivity index (χ1n) is 4.11. The van der Waals surface area contributed by atoms with Crippen LogP contribution in [0.1, 0.15) is 25.7 Å².